The fourth-order valence-electron chi connectivity index (χ4n) is 2.26. The van der Waals surface area contributed by atoms with Crippen LogP contribution in [0.2, 0.25) is 0 Å². The largest absolute Gasteiger partial charge is 0.481 e. The Balaban J connectivity index is 2.32. The van der Waals surface area contributed by atoms with E-state index >= 15 is 0 Å². The number of carboxylic acid groups (broad SMARTS) is 2. The lowest BCUT2D eigenvalue weighted by molar-refractivity contribution is -0.153. The van der Waals surface area contributed by atoms with Gasteiger partial charge in [0.05, 0.1) is 23.0 Å². The van der Waals surface area contributed by atoms with Crippen LogP contribution >= 0.6 is 23.2 Å². The lowest BCUT2D eigenvalue weighted by Crippen LogP contribution is -2.47. The van der Waals surface area contributed by atoms with Gasteiger partial charge in [0.1, 0.15) is 11.8 Å². The molecule has 15 heavy (non-hydrogen) atoms. The Morgan fingerprint density at radius 3 is 1.53 bits per heavy atom. The van der Waals surface area contributed by atoms with Gasteiger partial charge < -0.3 is 14.9 Å². The topological polar surface area (TPSA) is 83.8 Å². The standard InChI is InChI=1S/C8H8Cl2O5/c9-3-4(10)6-2(8(13)14)1(7(11)12)5(3)15-6/h1-6H,(H,11,12)(H,13,14)/t1-,2-,3-,4+,5+,6+/m0/s1. The summed E-state index contributed by atoms with van der Waals surface area (Å²) in [7, 11) is 0. The number of carbonyl (C=O) groups is 2. The molecule has 0 unspecified atom stereocenters. The van der Waals surface area contributed by atoms with Crippen LogP contribution in [0.1, 0.15) is 0 Å². The summed E-state index contributed by atoms with van der Waals surface area (Å²) in [6.45, 7) is 0. The molecule has 0 aromatic carbocycles. The smallest absolute Gasteiger partial charge is 0.310 e. The number of aliphatic carboxylic acids is 2. The first-order valence-corrected chi connectivity index (χ1v) is 5.21. The quantitative estimate of drug-likeness (QED) is 0.697. The monoisotopic (exact) mass is 254 g/mol. The molecule has 2 aliphatic rings. The minimum Gasteiger partial charge on any atom is -0.481 e. The zero-order valence-corrected chi connectivity index (χ0v) is 8.85. The highest BCUT2D eigenvalue weighted by molar-refractivity contribution is 6.31. The van der Waals surface area contributed by atoms with E-state index in [9.17, 15) is 9.59 Å². The van der Waals surface area contributed by atoms with Gasteiger partial charge >= 0.3 is 11.9 Å². The van der Waals surface area contributed by atoms with Gasteiger partial charge in [-0.05, 0) is 0 Å². The highest BCUT2D eigenvalue weighted by atomic mass is 35.5. The van der Waals surface area contributed by atoms with Crippen molar-refractivity contribution in [3.63, 3.8) is 0 Å². The highest BCUT2D eigenvalue weighted by Crippen LogP contribution is 2.48. The predicted octanol–water partition coefficient (Wildman–Crippen LogP) is 0.384. The molecule has 2 rings (SSSR count). The summed E-state index contributed by atoms with van der Waals surface area (Å²) < 4.78 is 5.22. The zero-order chi connectivity index (χ0) is 11.3. The first-order chi connectivity index (χ1) is 6.95. The molecule has 2 heterocycles. The second-order valence-electron chi connectivity index (χ2n) is 3.68. The van der Waals surface area contributed by atoms with Crippen LogP contribution in [0.4, 0.5) is 0 Å². The summed E-state index contributed by atoms with van der Waals surface area (Å²) >= 11 is 11.7. The van der Waals surface area contributed by atoms with E-state index < -0.39 is 46.7 Å². The third-order valence-corrected chi connectivity index (χ3v) is 4.08. The number of hydrogen-bond acceptors (Lipinski definition) is 3. The molecule has 0 amide bonds. The summed E-state index contributed by atoms with van der Waals surface area (Å²) in [6.07, 6.45) is -1.62. The average Bonchev–Trinajstić information content (AvgIpc) is 2.64. The summed E-state index contributed by atoms with van der Waals surface area (Å²) in [4.78, 5) is 21.8. The van der Waals surface area contributed by atoms with Crippen LogP contribution in [0.25, 0.3) is 0 Å². The van der Waals surface area contributed by atoms with Gasteiger partial charge in [-0.15, -0.1) is 23.2 Å². The summed E-state index contributed by atoms with van der Waals surface area (Å²) in [5, 5.41) is 16.5. The normalized spacial score (nSPS) is 48.1. The van der Waals surface area contributed by atoms with Crippen LogP contribution in [0, 0.1) is 11.8 Å². The van der Waals surface area contributed by atoms with Crippen molar-refractivity contribution in [3.8, 4) is 0 Å². The van der Waals surface area contributed by atoms with Crippen molar-refractivity contribution < 1.29 is 24.5 Å². The molecular weight excluding hydrogens is 247 g/mol. The zero-order valence-electron chi connectivity index (χ0n) is 7.34. The van der Waals surface area contributed by atoms with E-state index in [4.69, 9.17) is 38.2 Å². The highest BCUT2D eigenvalue weighted by Gasteiger charge is 2.63. The Morgan fingerprint density at radius 1 is 0.933 bits per heavy atom. The summed E-state index contributed by atoms with van der Waals surface area (Å²) in [5.74, 6) is -4.62. The van der Waals surface area contributed by atoms with Gasteiger partial charge in [-0.2, -0.15) is 0 Å². The first kappa shape index (κ1) is 11.0. The van der Waals surface area contributed by atoms with Crippen LogP contribution < -0.4 is 0 Å². The molecule has 0 spiro atoms. The van der Waals surface area contributed by atoms with Gasteiger partial charge in [-0.3, -0.25) is 9.59 Å². The number of carboxylic acids is 2. The van der Waals surface area contributed by atoms with Crippen molar-refractivity contribution >= 4 is 35.1 Å². The van der Waals surface area contributed by atoms with E-state index in [1.54, 1.807) is 0 Å². The van der Waals surface area contributed by atoms with Crippen molar-refractivity contribution in [2.45, 2.75) is 23.0 Å². The third-order valence-electron chi connectivity index (χ3n) is 2.91. The molecule has 0 aromatic heterocycles. The molecule has 2 N–H and O–H groups in total. The maximum absolute atomic E-state index is 10.9. The number of rotatable bonds is 2. The van der Waals surface area contributed by atoms with Gasteiger partial charge in [-0.1, -0.05) is 0 Å². The lowest BCUT2D eigenvalue weighted by Gasteiger charge is -2.27. The molecule has 2 fully saturated rings. The first-order valence-electron chi connectivity index (χ1n) is 4.34. The van der Waals surface area contributed by atoms with E-state index in [1.165, 1.54) is 0 Å². The van der Waals surface area contributed by atoms with Gasteiger partial charge in [0.25, 0.3) is 0 Å². The van der Waals surface area contributed by atoms with Crippen molar-refractivity contribution in [1.82, 2.24) is 0 Å². The van der Waals surface area contributed by atoms with Crippen molar-refractivity contribution in [2.75, 3.05) is 0 Å². The Morgan fingerprint density at radius 2 is 1.27 bits per heavy atom. The van der Waals surface area contributed by atoms with Crippen molar-refractivity contribution in [2.24, 2.45) is 11.8 Å². The molecular formula is C8H8Cl2O5. The van der Waals surface area contributed by atoms with Crippen LogP contribution in [0.5, 0.6) is 0 Å². The number of hydrogen-bond donors (Lipinski definition) is 2. The lowest BCUT2D eigenvalue weighted by atomic mass is 9.79. The molecule has 0 aliphatic carbocycles. The molecule has 0 radical (unpaired) electrons. The molecule has 2 bridgehead atoms. The molecule has 84 valence electrons. The SMILES string of the molecule is O=C(O)[C@@H]1[C@H]2O[C@@H]([C@@H](Cl)[C@H]2Cl)[C@H]1C(=O)O. The summed E-state index contributed by atoms with van der Waals surface area (Å²) in [5.41, 5.74) is 0. The summed E-state index contributed by atoms with van der Waals surface area (Å²) in [6, 6.07) is 0. The van der Waals surface area contributed by atoms with Crippen LogP contribution in [-0.4, -0.2) is 45.1 Å². The number of ether oxygens (including phenoxy) is 1. The second kappa shape index (κ2) is 3.50. The van der Waals surface area contributed by atoms with Crippen LogP contribution in [-0.2, 0) is 14.3 Å². The second-order valence-corrected chi connectivity index (χ2v) is 4.69. The van der Waals surface area contributed by atoms with E-state index in [2.05, 4.69) is 0 Å². The predicted molar refractivity (Wildman–Crippen MR) is 50.2 cm³/mol. The van der Waals surface area contributed by atoms with E-state index in [0.717, 1.165) is 0 Å². The van der Waals surface area contributed by atoms with E-state index in [1.807, 2.05) is 0 Å². The Labute approximate surface area is 94.9 Å². The molecule has 2 saturated heterocycles. The maximum Gasteiger partial charge on any atom is 0.310 e. The van der Waals surface area contributed by atoms with E-state index in [0.29, 0.717) is 0 Å². The fourth-order valence-corrected chi connectivity index (χ4v) is 2.98. The van der Waals surface area contributed by atoms with Crippen LogP contribution in [0.3, 0.4) is 0 Å². The molecule has 6 atom stereocenters. The minimum atomic E-state index is -1.20. The third kappa shape index (κ3) is 1.41. The van der Waals surface area contributed by atoms with E-state index in [-0.39, 0.29) is 0 Å². The van der Waals surface area contributed by atoms with Gasteiger partial charge in [0.2, 0.25) is 0 Å². The fraction of sp³-hybridized carbons (Fsp3) is 0.750. The Hall–Kier alpha value is -0.520. The van der Waals surface area contributed by atoms with Gasteiger partial charge in [0, 0.05) is 0 Å². The van der Waals surface area contributed by atoms with Gasteiger partial charge in [0.15, 0.2) is 0 Å². The molecule has 0 saturated carbocycles. The number of alkyl halides is 2. The average molecular weight is 255 g/mol. The molecule has 7 heteroatoms. The van der Waals surface area contributed by atoms with Crippen molar-refractivity contribution in [1.29, 1.82) is 0 Å². The van der Waals surface area contributed by atoms with Crippen LogP contribution in [0.15, 0.2) is 0 Å². The number of halogens is 2. The maximum atomic E-state index is 10.9. The molecule has 2 aliphatic heterocycles. The minimum absolute atomic E-state index is 0.645. The van der Waals surface area contributed by atoms with Crippen molar-refractivity contribution in [3.05, 3.63) is 0 Å². The number of fused-ring (bicyclic) bond motifs is 2. The molecule has 0 aromatic rings. The Bertz CT molecular complexity index is 290. The Kier molecular flexibility index (Phi) is 2.56. The van der Waals surface area contributed by atoms with Gasteiger partial charge in [-0.25, -0.2) is 0 Å². The molecule has 5 nitrogen and oxygen atoms in total.